The topological polar surface area (TPSA) is 58.0 Å². The summed E-state index contributed by atoms with van der Waals surface area (Å²) < 4.78 is 0. The quantitative estimate of drug-likeness (QED) is 0.878. The first-order chi connectivity index (χ1) is 11.7. The van der Waals surface area contributed by atoms with Crippen LogP contribution < -0.4 is 5.32 Å². The first-order valence-electron chi connectivity index (χ1n) is 9.05. The lowest BCUT2D eigenvalue weighted by molar-refractivity contribution is 0.382. The van der Waals surface area contributed by atoms with E-state index >= 15 is 0 Å². The standard InChI is InChI=1S/C20H27N3O/c1-3-16-13-22-14(2)23-20(16)17-10-15(11-19(24)12-17)7-8-18-6-4-5-9-21-18/h10-13,18,21,24H,3-9H2,1-2H3/t18-/m0/s1. The second kappa shape index (κ2) is 7.75. The van der Waals surface area contributed by atoms with Crippen LogP contribution in [0.25, 0.3) is 11.3 Å². The molecule has 0 radical (unpaired) electrons. The minimum atomic E-state index is 0.317. The van der Waals surface area contributed by atoms with Gasteiger partial charge in [0.05, 0.1) is 5.69 Å². The van der Waals surface area contributed by atoms with Crippen LogP contribution in [0.3, 0.4) is 0 Å². The van der Waals surface area contributed by atoms with E-state index in [0.29, 0.717) is 11.8 Å². The number of nitrogens with zero attached hydrogens (tertiary/aromatic N) is 2. The van der Waals surface area contributed by atoms with Crippen molar-refractivity contribution in [1.29, 1.82) is 0 Å². The number of hydrogen-bond donors (Lipinski definition) is 2. The van der Waals surface area contributed by atoms with Gasteiger partial charge in [-0.1, -0.05) is 13.3 Å². The fourth-order valence-electron chi connectivity index (χ4n) is 3.47. The summed E-state index contributed by atoms with van der Waals surface area (Å²) in [5, 5.41) is 13.8. The molecular formula is C20H27N3O. The monoisotopic (exact) mass is 325 g/mol. The molecule has 1 aliphatic rings. The molecule has 128 valence electrons. The number of phenols is 1. The molecule has 0 bridgehead atoms. The first kappa shape index (κ1) is 16.9. The summed E-state index contributed by atoms with van der Waals surface area (Å²) in [6.45, 7) is 5.15. The van der Waals surface area contributed by atoms with Crippen LogP contribution in [0.4, 0.5) is 0 Å². The Labute approximate surface area is 144 Å². The van der Waals surface area contributed by atoms with Gasteiger partial charge in [0, 0.05) is 17.8 Å². The van der Waals surface area contributed by atoms with Gasteiger partial charge in [0.2, 0.25) is 0 Å². The largest absolute Gasteiger partial charge is 0.508 e. The van der Waals surface area contributed by atoms with E-state index in [2.05, 4.69) is 28.3 Å². The molecule has 0 aliphatic carbocycles. The zero-order valence-corrected chi connectivity index (χ0v) is 14.7. The highest BCUT2D eigenvalue weighted by molar-refractivity contribution is 5.65. The van der Waals surface area contributed by atoms with Crippen LogP contribution in [0, 0.1) is 6.92 Å². The summed E-state index contributed by atoms with van der Waals surface area (Å²) >= 11 is 0. The van der Waals surface area contributed by atoms with Gasteiger partial charge in [-0.25, -0.2) is 9.97 Å². The molecule has 0 saturated carbocycles. The Bertz CT molecular complexity index is 693. The van der Waals surface area contributed by atoms with E-state index in [0.717, 1.165) is 48.5 Å². The van der Waals surface area contributed by atoms with Gasteiger partial charge in [0.25, 0.3) is 0 Å². The minimum absolute atomic E-state index is 0.317. The summed E-state index contributed by atoms with van der Waals surface area (Å²) in [6.07, 6.45) is 8.75. The van der Waals surface area contributed by atoms with Gasteiger partial charge in [-0.2, -0.15) is 0 Å². The Morgan fingerprint density at radius 3 is 2.88 bits per heavy atom. The van der Waals surface area contributed by atoms with Crippen molar-refractivity contribution in [2.45, 2.75) is 58.4 Å². The molecule has 2 N–H and O–H groups in total. The number of rotatable bonds is 5. The average molecular weight is 325 g/mol. The molecule has 1 aromatic heterocycles. The third-order valence-corrected chi connectivity index (χ3v) is 4.81. The van der Waals surface area contributed by atoms with E-state index in [1.807, 2.05) is 25.3 Å². The smallest absolute Gasteiger partial charge is 0.125 e. The van der Waals surface area contributed by atoms with Gasteiger partial charge in [0.15, 0.2) is 0 Å². The maximum atomic E-state index is 10.2. The van der Waals surface area contributed by atoms with Gasteiger partial charge < -0.3 is 10.4 Å². The lowest BCUT2D eigenvalue weighted by Gasteiger charge is -2.23. The van der Waals surface area contributed by atoms with Gasteiger partial charge in [-0.05, 0) is 74.9 Å². The second-order valence-electron chi connectivity index (χ2n) is 6.72. The molecule has 0 unspecified atom stereocenters. The number of nitrogens with one attached hydrogen (secondary N) is 1. The summed E-state index contributed by atoms with van der Waals surface area (Å²) in [6, 6.07) is 6.47. The summed E-state index contributed by atoms with van der Waals surface area (Å²) in [4.78, 5) is 8.91. The summed E-state index contributed by atoms with van der Waals surface area (Å²) in [5.74, 6) is 1.08. The molecule has 24 heavy (non-hydrogen) atoms. The minimum Gasteiger partial charge on any atom is -0.508 e. The van der Waals surface area contributed by atoms with Crippen molar-refractivity contribution < 1.29 is 5.11 Å². The maximum absolute atomic E-state index is 10.2. The molecule has 2 heterocycles. The predicted molar refractivity (Wildman–Crippen MR) is 97.2 cm³/mol. The van der Waals surface area contributed by atoms with Crippen LogP contribution in [0.15, 0.2) is 24.4 Å². The van der Waals surface area contributed by atoms with E-state index in [4.69, 9.17) is 0 Å². The van der Waals surface area contributed by atoms with E-state index in [1.54, 1.807) is 0 Å². The number of benzene rings is 1. The maximum Gasteiger partial charge on any atom is 0.125 e. The van der Waals surface area contributed by atoms with Crippen molar-refractivity contribution in [2.75, 3.05) is 6.54 Å². The van der Waals surface area contributed by atoms with E-state index in [1.165, 1.54) is 24.8 Å². The predicted octanol–water partition coefficient (Wildman–Crippen LogP) is 3.79. The number of aryl methyl sites for hydroxylation is 3. The van der Waals surface area contributed by atoms with Gasteiger partial charge >= 0.3 is 0 Å². The van der Waals surface area contributed by atoms with Crippen LogP contribution in [0.2, 0.25) is 0 Å². The molecule has 3 rings (SSSR count). The fraction of sp³-hybridized carbons (Fsp3) is 0.500. The number of phenolic OH excluding ortho intramolecular Hbond substituents is 1. The molecule has 1 fully saturated rings. The lowest BCUT2D eigenvalue weighted by atomic mass is 9.96. The molecule has 1 atom stereocenters. The van der Waals surface area contributed by atoms with Gasteiger partial charge in [-0.15, -0.1) is 0 Å². The highest BCUT2D eigenvalue weighted by Gasteiger charge is 2.14. The molecule has 4 heteroatoms. The first-order valence-corrected chi connectivity index (χ1v) is 9.05. The van der Waals surface area contributed by atoms with Crippen molar-refractivity contribution in [3.05, 3.63) is 41.3 Å². The summed E-state index contributed by atoms with van der Waals surface area (Å²) in [7, 11) is 0. The van der Waals surface area contributed by atoms with Crippen LogP contribution in [-0.2, 0) is 12.8 Å². The van der Waals surface area contributed by atoms with Gasteiger partial charge in [0.1, 0.15) is 11.6 Å². The SMILES string of the molecule is CCc1cnc(C)nc1-c1cc(O)cc(CC[C@@H]2CCCCN2)c1. The normalized spacial score (nSPS) is 17.8. The van der Waals surface area contributed by atoms with Crippen molar-refractivity contribution in [1.82, 2.24) is 15.3 Å². The molecule has 2 aromatic rings. The number of aromatic hydroxyl groups is 1. The number of aromatic nitrogens is 2. The molecule has 1 saturated heterocycles. The molecule has 1 aromatic carbocycles. The molecule has 4 nitrogen and oxygen atoms in total. The zero-order chi connectivity index (χ0) is 16.9. The zero-order valence-electron chi connectivity index (χ0n) is 14.7. The average Bonchev–Trinajstić information content (AvgIpc) is 2.60. The van der Waals surface area contributed by atoms with Crippen molar-refractivity contribution >= 4 is 0 Å². The van der Waals surface area contributed by atoms with Crippen molar-refractivity contribution in [2.24, 2.45) is 0 Å². The van der Waals surface area contributed by atoms with Crippen molar-refractivity contribution in [3.8, 4) is 17.0 Å². The van der Waals surface area contributed by atoms with Crippen LogP contribution in [0.5, 0.6) is 5.75 Å². The van der Waals surface area contributed by atoms with Crippen LogP contribution in [0.1, 0.15) is 49.6 Å². The van der Waals surface area contributed by atoms with Gasteiger partial charge in [-0.3, -0.25) is 0 Å². The third kappa shape index (κ3) is 4.12. The van der Waals surface area contributed by atoms with Crippen molar-refractivity contribution in [3.63, 3.8) is 0 Å². The molecular weight excluding hydrogens is 298 g/mol. The molecule has 0 amide bonds. The Hall–Kier alpha value is -1.94. The lowest BCUT2D eigenvalue weighted by Crippen LogP contribution is -2.34. The highest BCUT2D eigenvalue weighted by atomic mass is 16.3. The highest BCUT2D eigenvalue weighted by Crippen LogP contribution is 2.28. The second-order valence-corrected chi connectivity index (χ2v) is 6.72. The Morgan fingerprint density at radius 1 is 1.25 bits per heavy atom. The Morgan fingerprint density at radius 2 is 2.12 bits per heavy atom. The fourth-order valence-corrected chi connectivity index (χ4v) is 3.47. The Balaban J connectivity index is 1.82. The number of hydrogen-bond acceptors (Lipinski definition) is 4. The third-order valence-electron chi connectivity index (χ3n) is 4.81. The van der Waals surface area contributed by atoms with Crippen LogP contribution >= 0.6 is 0 Å². The van der Waals surface area contributed by atoms with E-state index in [-0.39, 0.29) is 0 Å². The molecule has 1 aliphatic heterocycles. The number of piperidine rings is 1. The van der Waals surface area contributed by atoms with E-state index < -0.39 is 0 Å². The van der Waals surface area contributed by atoms with E-state index in [9.17, 15) is 5.11 Å². The van der Waals surface area contributed by atoms with Crippen LogP contribution in [-0.4, -0.2) is 27.7 Å². The Kier molecular flexibility index (Phi) is 5.46. The molecule has 0 spiro atoms. The summed E-state index contributed by atoms with van der Waals surface area (Å²) in [5.41, 5.74) is 4.23.